The second-order valence-electron chi connectivity index (χ2n) is 13.2. The molecule has 1 unspecified atom stereocenters. The van der Waals surface area contributed by atoms with E-state index in [-0.39, 0.29) is 17.2 Å². The van der Waals surface area contributed by atoms with Crippen LogP contribution in [0.5, 0.6) is 0 Å². The van der Waals surface area contributed by atoms with Gasteiger partial charge in [0.15, 0.2) is 14.1 Å². The minimum atomic E-state index is -2.11. The first-order valence-corrected chi connectivity index (χ1v) is 17.1. The first-order valence-electron chi connectivity index (χ1n) is 14.2. The van der Waals surface area contributed by atoms with E-state index in [2.05, 4.69) is 59.5 Å². The molecule has 0 aliphatic carbocycles. The number of aliphatic hydroxyl groups is 2. The molecule has 1 heterocycles. The average molecular weight is 551 g/mol. The summed E-state index contributed by atoms with van der Waals surface area (Å²) in [6.07, 6.45) is 3.56. The Morgan fingerprint density at radius 3 is 2.37 bits per heavy atom. The lowest BCUT2D eigenvalue weighted by Crippen LogP contribution is -2.54. The highest BCUT2D eigenvalue weighted by molar-refractivity contribution is 6.74. The molecule has 1 aromatic rings. The van der Waals surface area contributed by atoms with E-state index in [9.17, 15) is 10.2 Å². The number of hydrogen-bond donors (Lipinski definition) is 2. The summed E-state index contributed by atoms with van der Waals surface area (Å²) < 4.78 is 25.6. The summed E-state index contributed by atoms with van der Waals surface area (Å²) >= 11 is 0. The second kappa shape index (κ2) is 14.0. The van der Waals surface area contributed by atoms with Gasteiger partial charge in [0.1, 0.15) is 0 Å². The van der Waals surface area contributed by atoms with Crippen LogP contribution >= 0.6 is 0 Å². The Balaban J connectivity index is 2.09. The Bertz CT molecular complexity index is 837. The third-order valence-corrected chi connectivity index (χ3v) is 12.3. The lowest BCUT2D eigenvalue weighted by Gasteiger charge is -2.49. The van der Waals surface area contributed by atoms with Crippen molar-refractivity contribution in [1.29, 1.82) is 0 Å². The molecule has 5 atom stereocenters. The second-order valence-corrected chi connectivity index (χ2v) is 18.0. The van der Waals surface area contributed by atoms with Crippen molar-refractivity contribution in [2.45, 2.75) is 141 Å². The molecule has 7 heteroatoms. The normalized spacial score (nSPS) is 24.5. The van der Waals surface area contributed by atoms with Crippen molar-refractivity contribution in [2.24, 2.45) is 0 Å². The van der Waals surface area contributed by atoms with Crippen molar-refractivity contribution >= 4 is 8.32 Å². The van der Waals surface area contributed by atoms with Gasteiger partial charge >= 0.3 is 0 Å². The number of rotatable bonds is 15. The van der Waals surface area contributed by atoms with Crippen LogP contribution in [0.1, 0.15) is 85.6 Å². The molecule has 0 bridgehead atoms. The van der Waals surface area contributed by atoms with Crippen molar-refractivity contribution in [3.63, 3.8) is 0 Å². The molecule has 1 aliphatic rings. The zero-order chi connectivity index (χ0) is 28.6. The van der Waals surface area contributed by atoms with E-state index in [4.69, 9.17) is 18.6 Å². The maximum absolute atomic E-state index is 10.9. The van der Waals surface area contributed by atoms with Gasteiger partial charge in [-0.3, -0.25) is 0 Å². The molecule has 0 amide bonds. The average Bonchev–Trinajstić information content (AvgIpc) is 2.74. The van der Waals surface area contributed by atoms with Crippen molar-refractivity contribution in [3.8, 4) is 0 Å². The summed E-state index contributed by atoms with van der Waals surface area (Å²) in [5.74, 6) is -0.739. The van der Waals surface area contributed by atoms with Gasteiger partial charge in [-0.1, -0.05) is 57.2 Å². The smallest absolute Gasteiger partial charge is 0.192 e. The molecule has 1 fully saturated rings. The van der Waals surface area contributed by atoms with Gasteiger partial charge in [-0.05, 0) is 70.2 Å². The highest BCUT2D eigenvalue weighted by Crippen LogP contribution is 2.42. The van der Waals surface area contributed by atoms with Crippen LogP contribution in [0.3, 0.4) is 0 Å². The van der Waals surface area contributed by atoms with Crippen molar-refractivity contribution < 1.29 is 28.8 Å². The molecule has 0 aromatic heterocycles. The maximum Gasteiger partial charge on any atom is 0.192 e. The molecule has 1 saturated heterocycles. The summed E-state index contributed by atoms with van der Waals surface area (Å²) in [5.41, 5.74) is 0.672. The SMILES string of the molecule is C=CC[C@H](O)C[C@H](O)CC(C[C@]1(C)C[C@H](CCOCc2ccccc2)OC(C)(C)O1)O[Si](C)(C)C(C)(C)C. The molecular weight excluding hydrogens is 496 g/mol. The number of benzene rings is 1. The third kappa shape index (κ3) is 11.2. The molecule has 0 spiro atoms. The molecular formula is C31H54O6Si. The lowest BCUT2D eigenvalue weighted by molar-refractivity contribution is -0.335. The van der Waals surface area contributed by atoms with Gasteiger partial charge in [-0.15, -0.1) is 6.58 Å². The van der Waals surface area contributed by atoms with Crippen LogP contribution in [0.25, 0.3) is 0 Å². The Kier molecular flexibility index (Phi) is 12.2. The number of aliphatic hydroxyl groups excluding tert-OH is 2. The first kappa shape index (κ1) is 33.1. The third-order valence-electron chi connectivity index (χ3n) is 7.74. The lowest BCUT2D eigenvalue weighted by atomic mass is 9.87. The van der Waals surface area contributed by atoms with E-state index < -0.39 is 31.9 Å². The zero-order valence-corrected chi connectivity index (χ0v) is 26.2. The molecule has 0 saturated carbocycles. The fourth-order valence-corrected chi connectivity index (χ4v) is 6.47. The first-order chi connectivity index (χ1) is 17.5. The summed E-state index contributed by atoms with van der Waals surface area (Å²) in [4.78, 5) is 0. The van der Waals surface area contributed by atoms with E-state index in [1.165, 1.54) is 0 Å². The van der Waals surface area contributed by atoms with Crippen LogP contribution in [0.15, 0.2) is 43.0 Å². The fourth-order valence-electron chi connectivity index (χ4n) is 5.10. The standard InChI is InChI=1S/C31H54O6Si/c1-10-14-25(32)19-26(33)20-28(36-38(8,9)29(2,3)4)22-31(7)21-27(35-30(5,6)37-31)17-18-34-23-24-15-12-11-13-16-24/h10-13,15-16,25-28,32-33H,1,14,17-23H2,2-9H3/t25-,26-,27-,28?,31-/m0/s1. The largest absolute Gasteiger partial charge is 0.414 e. The van der Waals surface area contributed by atoms with E-state index in [1.54, 1.807) is 6.08 Å². The van der Waals surface area contributed by atoms with Gasteiger partial charge in [-0.2, -0.15) is 0 Å². The predicted octanol–water partition coefficient (Wildman–Crippen LogP) is 6.75. The Morgan fingerprint density at radius 2 is 1.76 bits per heavy atom. The van der Waals surface area contributed by atoms with Crippen LogP contribution in [0, 0.1) is 0 Å². The number of hydrogen-bond acceptors (Lipinski definition) is 6. The quantitative estimate of drug-likeness (QED) is 0.143. The van der Waals surface area contributed by atoms with Crippen LogP contribution < -0.4 is 0 Å². The van der Waals surface area contributed by atoms with Crippen molar-refractivity contribution in [1.82, 2.24) is 0 Å². The molecule has 2 N–H and O–H groups in total. The summed E-state index contributed by atoms with van der Waals surface area (Å²) in [6, 6.07) is 10.2. The summed E-state index contributed by atoms with van der Waals surface area (Å²) in [5, 5.41) is 21.1. The maximum atomic E-state index is 10.9. The summed E-state index contributed by atoms with van der Waals surface area (Å²) in [6.45, 7) is 22.1. The van der Waals surface area contributed by atoms with Crippen molar-refractivity contribution in [2.75, 3.05) is 6.61 Å². The van der Waals surface area contributed by atoms with Gasteiger partial charge in [-0.25, -0.2) is 0 Å². The van der Waals surface area contributed by atoms with Gasteiger partial charge in [0, 0.05) is 19.4 Å². The molecule has 38 heavy (non-hydrogen) atoms. The van der Waals surface area contributed by atoms with E-state index in [1.807, 2.05) is 32.0 Å². The monoisotopic (exact) mass is 550 g/mol. The fraction of sp³-hybridized carbons (Fsp3) is 0.742. The highest BCUT2D eigenvalue weighted by atomic mass is 28.4. The minimum Gasteiger partial charge on any atom is -0.414 e. The topological polar surface area (TPSA) is 77.4 Å². The molecule has 6 nitrogen and oxygen atoms in total. The van der Waals surface area contributed by atoms with Crippen molar-refractivity contribution in [3.05, 3.63) is 48.6 Å². The molecule has 1 aliphatic heterocycles. The van der Waals surface area contributed by atoms with Crippen LogP contribution in [0.2, 0.25) is 18.1 Å². The van der Waals surface area contributed by atoms with Crippen LogP contribution in [0.4, 0.5) is 0 Å². The van der Waals surface area contributed by atoms with Crippen LogP contribution in [-0.4, -0.2) is 60.9 Å². The number of ether oxygens (including phenoxy) is 3. The van der Waals surface area contributed by atoms with Gasteiger partial charge < -0.3 is 28.8 Å². The van der Waals surface area contributed by atoms with Gasteiger partial charge in [0.05, 0.1) is 36.6 Å². The predicted molar refractivity (Wildman–Crippen MR) is 157 cm³/mol. The Hall–Kier alpha value is -1.06. The molecule has 0 radical (unpaired) electrons. The summed E-state index contributed by atoms with van der Waals surface area (Å²) in [7, 11) is -2.11. The van der Waals surface area contributed by atoms with E-state index in [0.717, 1.165) is 18.4 Å². The van der Waals surface area contributed by atoms with Gasteiger partial charge in [0.25, 0.3) is 0 Å². The highest BCUT2D eigenvalue weighted by Gasteiger charge is 2.46. The van der Waals surface area contributed by atoms with E-state index in [0.29, 0.717) is 38.9 Å². The Morgan fingerprint density at radius 1 is 1.11 bits per heavy atom. The van der Waals surface area contributed by atoms with Crippen LogP contribution in [-0.2, 0) is 25.2 Å². The minimum absolute atomic E-state index is 0.00705. The molecule has 218 valence electrons. The van der Waals surface area contributed by atoms with E-state index >= 15 is 0 Å². The Labute approximate surface area is 232 Å². The molecule has 1 aromatic carbocycles. The molecule has 2 rings (SSSR count). The zero-order valence-electron chi connectivity index (χ0n) is 25.2. The van der Waals surface area contributed by atoms with Gasteiger partial charge in [0.2, 0.25) is 0 Å².